The van der Waals surface area contributed by atoms with Gasteiger partial charge in [-0.2, -0.15) is 13.2 Å². The molecule has 1 fully saturated rings. The topological polar surface area (TPSA) is 75.7 Å². The van der Waals surface area contributed by atoms with Gasteiger partial charge in [-0.05, 0) is 53.1 Å². The van der Waals surface area contributed by atoms with Gasteiger partial charge in [0.05, 0.1) is 23.3 Å². The van der Waals surface area contributed by atoms with Gasteiger partial charge in [0.2, 0.25) is 5.91 Å². The monoisotopic (exact) mass is 478 g/mol. The number of nitrogens with zero attached hydrogens (tertiary/aromatic N) is 1. The molecule has 0 aliphatic carbocycles. The molecule has 1 aliphatic heterocycles. The Morgan fingerprint density at radius 2 is 1.82 bits per heavy atom. The Balaban J connectivity index is 1.73. The maximum absolute atomic E-state index is 13.0. The first-order chi connectivity index (χ1) is 15.5. The second-order valence-electron chi connectivity index (χ2n) is 7.55. The number of halogens is 3. The summed E-state index contributed by atoms with van der Waals surface area (Å²) in [5, 5.41) is 1.64. The molecule has 2 aromatic carbocycles. The van der Waals surface area contributed by atoms with Crippen LogP contribution in [-0.4, -0.2) is 35.6 Å². The minimum absolute atomic E-state index is 0.00947. The minimum atomic E-state index is -4.61. The highest BCUT2D eigenvalue weighted by Gasteiger charge is 2.36. The first-order valence-corrected chi connectivity index (χ1v) is 10.7. The van der Waals surface area contributed by atoms with Gasteiger partial charge < -0.3 is 10.1 Å². The maximum atomic E-state index is 13.0. The summed E-state index contributed by atoms with van der Waals surface area (Å²) in [4.78, 5) is 38.3. The van der Waals surface area contributed by atoms with Crippen LogP contribution < -0.4 is 10.1 Å². The van der Waals surface area contributed by atoms with Gasteiger partial charge in [-0.1, -0.05) is 38.1 Å². The number of benzene rings is 2. The standard InChI is InChI=1S/C23H21F3N2O4S/c1-13(2)15-6-4-14(5-7-15)10-19-21(30)28(22(31)33-19)12-20(29)27-17-11-16(23(24,25)26)8-9-18(17)32-3/h4-11,13H,12H2,1-3H3,(H,27,29)/b19-10-. The van der Waals surface area contributed by atoms with Crippen molar-refractivity contribution in [1.29, 1.82) is 0 Å². The Bertz CT molecular complexity index is 1110. The molecule has 0 saturated carbocycles. The second kappa shape index (κ2) is 9.70. The molecule has 33 heavy (non-hydrogen) atoms. The fourth-order valence-electron chi connectivity index (χ4n) is 3.08. The SMILES string of the molecule is COc1ccc(C(F)(F)F)cc1NC(=O)CN1C(=O)S/C(=C\c2ccc(C(C)C)cc2)C1=O. The molecule has 2 aromatic rings. The number of methoxy groups -OCH3 is 1. The minimum Gasteiger partial charge on any atom is -0.495 e. The zero-order valence-corrected chi connectivity index (χ0v) is 18.8. The van der Waals surface area contributed by atoms with E-state index in [2.05, 4.69) is 19.2 Å². The van der Waals surface area contributed by atoms with Crippen molar-refractivity contribution in [3.8, 4) is 5.75 Å². The fraction of sp³-hybridized carbons (Fsp3) is 0.261. The highest BCUT2D eigenvalue weighted by atomic mass is 32.2. The average molecular weight is 478 g/mol. The Hall–Kier alpha value is -3.27. The summed E-state index contributed by atoms with van der Waals surface area (Å²) in [5.74, 6) is -1.13. The lowest BCUT2D eigenvalue weighted by Crippen LogP contribution is -2.36. The molecule has 0 spiro atoms. The number of hydrogen-bond acceptors (Lipinski definition) is 5. The Labute approximate surface area is 192 Å². The quantitative estimate of drug-likeness (QED) is 0.554. The molecule has 10 heteroatoms. The van der Waals surface area contributed by atoms with Gasteiger partial charge in [0.1, 0.15) is 12.3 Å². The highest BCUT2D eigenvalue weighted by molar-refractivity contribution is 8.18. The molecular weight excluding hydrogens is 457 g/mol. The fourth-order valence-corrected chi connectivity index (χ4v) is 3.92. The van der Waals surface area contributed by atoms with Gasteiger partial charge in [0.25, 0.3) is 11.1 Å². The van der Waals surface area contributed by atoms with Crippen LogP contribution in [0.2, 0.25) is 0 Å². The lowest BCUT2D eigenvalue weighted by atomic mass is 10.0. The Morgan fingerprint density at radius 3 is 2.39 bits per heavy atom. The number of nitrogens with one attached hydrogen (secondary N) is 1. The van der Waals surface area contributed by atoms with Gasteiger partial charge in [0, 0.05) is 0 Å². The largest absolute Gasteiger partial charge is 0.495 e. The molecule has 0 radical (unpaired) electrons. The van der Waals surface area contributed by atoms with Gasteiger partial charge in [0.15, 0.2) is 0 Å². The molecular formula is C23H21F3N2O4S. The van der Waals surface area contributed by atoms with E-state index < -0.39 is 35.3 Å². The second-order valence-corrected chi connectivity index (χ2v) is 8.54. The number of thioether (sulfide) groups is 1. The molecule has 174 valence electrons. The zero-order valence-electron chi connectivity index (χ0n) is 18.0. The first kappa shape index (κ1) is 24.4. The van der Waals surface area contributed by atoms with E-state index in [1.165, 1.54) is 7.11 Å². The van der Waals surface area contributed by atoms with Crippen molar-refractivity contribution in [1.82, 2.24) is 4.90 Å². The summed E-state index contributed by atoms with van der Waals surface area (Å²) >= 11 is 0.694. The van der Waals surface area contributed by atoms with Crippen LogP contribution in [0.4, 0.5) is 23.7 Å². The Morgan fingerprint density at radius 1 is 1.15 bits per heavy atom. The van der Waals surface area contributed by atoms with Crippen LogP contribution in [0, 0.1) is 0 Å². The van der Waals surface area contributed by atoms with Crippen molar-refractivity contribution >= 4 is 40.6 Å². The van der Waals surface area contributed by atoms with Gasteiger partial charge in [-0.3, -0.25) is 19.3 Å². The highest BCUT2D eigenvalue weighted by Crippen LogP contribution is 2.35. The van der Waals surface area contributed by atoms with Crippen molar-refractivity contribution in [2.75, 3.05) is 19.0 Å². The van der Waals surface area contributed by atoms with E-state index in [-0.39, 0.29) is 16.3 Å². The molecule has 1 N–H and O–H groups in total. The van der Waals surface area contributed by atoms with E-state index in [1.54, 1.807) is 6.08 Å². The normalized spacial score (nSPS) is 15.5. The van der Waals surface area contributed by atoms with E-state index in [0.29, 0.717) is 17.7 Å². The van der Waals surface area contributed by atoms with Crippen LogP contribution in [0.5, 0.6) is 5.75 Å². The third-order valence-corrected chi connectivity index (χ3v) is 5.78. The van der Waals surface area contributed by atoms with Gasteiger partial charge in [-0.25, -0.2) is 0 Å². The maximum Gasteiger partial charge on any atom is 0.416 e. The summed E-state index contributed by atoms with van der Waals surface area (Å²) in [7, 11) is 1.24. The number of imide groups is 1. The van der Waals surface area contributed by atoms with Crippen LogP contribution >= 0.6 is 11.8 Å². The molecule has 0 unspecified atom stereocenters. The molecule has 0 aromatic heterocycles. The number of anilines is 1. The summed E-state index contributed by atoms with van der Waals surface area (Å²) < 4.78 is 44.0. The van der Waals surface area contributed by atoms with Crippen LogP contribution in [0.25, 0.3) is 6.08 Å². The summed E-state index contributed by atoms with van der Waals surface area (Å²) in [6.45, 7) is 3.47. The molecule has 1 saturated heterocycles. The van der Waals surface area contributed by atoms with E-state index in [1.807, 2.05) is 24.3 Å². The predicted octanol–water partition coefficient (Wildman–Crippen LogP) is 5.51. The van der Waals surface area contributed by atoms with Crippen molar-refractivity contribution in [2.45, 2.75) is 25.9 Å². The summed E-state index contributed by atoms with van der Waals surface area (Å²) in [5.41, 5.74) is 0.659. The third kappa shape index (κ3) is 5.75. The van der Waals surface area contributed by atoms with Crippen molar-refractivity contribution < 1.29 is 32.3 Å². The van der Waals surface area contributed by atoms with Gasteiger partial charge in [-0.15, -0.1) is 0 Å². The molecule has 1 aliphatic rings. The molecule has 6 nitrogen and oxygen atoms in total. The van der Waals surface area contributed by atoms with E-state index in [9.17, 15) is 27.6 Å². The third-order valence-electron chi connectivity index (χ3n) is 4.88. The summed E-state index contributed by atoms with van der Waals surface area (Å²) in [6.07, 6.45) is -3.06. The van der Waals surface area contributed by atoms with Crippen LogP contribution in [0.3, 0.4) is 0 Å². The predicted molar refractivity (Wildman–Crippen MR) is 120 cm³/mol. The number of carbonyl (C=O) groups is 3. The van der Waals surface area contributed by atoms with E-state index in [4.69, 9.17) is 4.74 Å². The van der Waals surface area contributed by atoms with Gasteiger partial charge >= 0.3 is 6.18 Å². The lowest BCUT2D eigenvalue weighted by molar-refractivity contribution is -0.137. The smallest absolute Gasteiger partial charge is 0.416 e. The molecule has 0 bridgehead atoms. The number of rotatable bonds is 6. The molecule has 0 atom stereocenters. The van der Waals surface area contributed by atoms with E-state index in [0.717, 1.165) is 34.2 Å². The number of alkyl halides is 3. The number of amides is 3. The molecule has 1 heterocycles. The summed E-state index contributed by atoms with van der Waals surface area (Å²) in [6, 6.07) is 10.1. The number of carbonyl (C=O) groups excluding carboxylic acids is 3. The average Bonchev–Trinajstić information content (AvgIpc) is 3.00. The molecule has 3 amide bonds. The number of ether oxygens (including phenoxy) is 1. The Kier molecular flexibility index (Phi) is 7.16. The van der Waals surface area contributed by atoms with Crippen molar-refractivity contribution in [2.24, 2.45) is 0 Å². The van der Waals surface area contributed by atoms with Crippen LogP contribution in [0.15, 0.2) is 47.4 Å². The number of hydrogen-bond donors (Lipinski definition) is 1. The zero-order chi connectivity index (χ0) is 24.3. The molecule has 3 rings (SSSR count). The van der Waals surface area contributed by atoms with Crippen LogP contribution in [0.1, 0.15) is 36.5 Å². The first-order valence-electron chi connectivity index (χ1n) is 9.90. The van der Waals surface area contributed by atoms with Crippen LogP contribution in [-0.2, 0) is 15.8 Å². The van der Waals surface area contributed by atoms with E-state index >= 15 is 0 Å². The van der Waals surface area contributed by atoms with Crippen molar-refractivity contribution in [3.05, 3.63) is 64.1 Å². The van der Waals surface area contributed by atoms with Crippen molar-refractivity contribution in [3.63, 3.8) is 0 Å². The lowest BCUT2D eigenvalue weighted by Gasteiger charge is -2.16.